The molecule has 1 aromatic carbocycles. The molecule has 0 amide bonds. The molecule has 1 atom stereocenters. The molecule has 2 rings (SSSR count). The van der Waals surface area contributed by atoms with Gasteiger partial charge in [-0.05, 0) is 24.0 Å². The third kappa shape index (κ3) is 3.37. The largest absolute Gasteiger partial charge is 0.416 e. The van der Waals surface area contributed by atoms with Crippen LogP contribution in [0.3, 0.4) is 0 Å². The molecule has 1 heterocycles. The Hall–Kier alpha value is -1.57. The number of aromatic nitrogens is 1. The summed E-state index contributed by atoms with van der Waals surface area (Å²) >= 11 is 1.45. The first kappa shape index (κ1) is 15.8. The van der Waals surface area contributed by atoms with E-state index in [0.29, 0.717) is 5.56 Å². The van der Waals surface area contributed by atoms with Crippen LogP contribution in [-0.4, -0.2) is 11.2 Å². The van der Waals surface area contributed by atoms with Gasteiger partial charge in [0.25, 0.3) is 0 Å². The van der Waals surface area contributed by atoms with Crippen LogP contribution >= 0.6 is 11.8 Å². The van der Waals surface area contributed by atoms with E-state index in [0.717, 1.165) is 17.2 Å². The van der Waals surface area contributed by atoms with Gasteiger partial charge in [0.1, 0.15) is 0 Å². The Balaban J connectivity index is 2.58. The van der Waals surface area contributed by atoms with Crippen molar-refractivity contribution in [3.05, 3.63) is 59.4 Å². The predicted molar refractivity (Wildman–Crippen MR) is 76.6 cm³/mol. The van der Waals surface area contributed by atoms with Crippen molar-refractivity contribution < 1.29 is 13.2 Å². The fourth-order valence-electron chi connectivity index (χ4n) is 2.15. The molecule has 0 aliphatic heterocycles. The molecule has 3 N–H and O–H groups in total. The van der Waals surface area contributed by atoms with Gasteiger partial charge in [-0.15, -0.1) is 11.8 Å². The number of alkyl halides is 3. The normalized spacial score (nSPS) is 13.2. The van der Waals surface area contributed by atoms with Gasteiger partial charge in [0.15, 0.2) is 0 Å². The number of hydrogen-bond donors (Lipinski definition) is 2. The molecule has 7 heteroatoms. The summed E-state index contributed by atoms with van der Waals surface area (Å²) in [5.74, 6) is 5.52. The van der Waals surface area contributed by atoms with Crippen LogP contribution in [0.25, 0.3) is 0 Å². The van der Waals surface area contributed by atoms with Crippen molar-refractivity contribution >= 4 is 11.8 Å². The van der Waals surface area contributed by atoms with Gasteiger partial charge in [-0.1, -0.05) is 18.2 Å². The average molecular weight is 313 g/mol. The maximum Gasteiger partial charge on any atom is 0.416 e. The minimum absolute atomic E-state index is 0.00833. The van der Waals surface area contributed by atoms with Gasteiger partial charge in [-0.25, -0.2) is 5.43 Å². The van der Waals surface area contributed by atoms with E-state index in [1.807, 2.05) is 18.4 Å². The second kappa shape index (κ2) is 6.46. The number of rotatable bonds is 4. The maximum absolute atomic E-state index is 13.1. The van der Waals surface area contributed by atoms with Gasteiger partial charge in [0, 0.05) is 22.9 Å². The number of hydrogen-bond acceptors (Lipinski definition) is 4. The molecule has 0 aliphatic carbocycles. The molecule has 0 fully saturated rings. The molecule has 0 saturated heterocycles. The van der Waals surface area contributed by atoms with Crippen molar-refractivity contribution in [3.8, 4) is 0 Å². The number of nitrogens with two attached hydrogens (primary N) is 1. The second-order valence-corrected chi connectivity index (χ2v) is 5.15. The third-order valence-electron chi connectivity index (χ3n) is 3.08. The van der Waals surface area contributed by atoms with Crippen LogP contribution in [-0.2, 0) is 6.18 Å². The second-order valence-electron chi connectivity index (χ2n) is 4.30. The Kier molecular flexibility index (Phi) is 4.87. The zero-order valence-electron chi connectivity index (χ0n) is 11.2. The summed E-state index contributed by atoms with van der Waals surface area (Å²) in [6.07, 6.45) is -0.271. The van der Waals surface area contributed by atoms with Crippen molar-refractivity contribution in [1.29, 1.82) is 0 Å². The minimum Gasteiger partial charge on any atom is -0.271 e. The van der Waals surface area contributed by atoms with Crippen LogP contribution in [0.5, 0.6) is 0 Å². The molecule has 0 aliphatic rings. The molecule has 3 nitrogen and oxygen atoms in total. The van der Waals surface area contributed by atoms with E-state index in [4.69, 9.17) is 5.84 Å². The van der Waals surface area contributed by atoms with E-state index in [2.05, 4.69) is 10.4 Å². The quantitative estimate of drug-likeness (QED) is 0.516. The van der Waals surface area contributed by atoms with Crippen molar-refractivity contribution in [2.75, 3.05) is 6.26 Å². The summed E-state index contributed by atoms with van der Waals surface area (Å²) in [5.41, 5.74) is 2.42. The van der Waals surface area contributed by atoms with Gasteiger partial charge >= 0.3 is 6.18 Å². The van der Waals surface area contributed by atoms with E-state index in [9.17, 15) is 13.2 Å². The molecule has 1 unspecified atom stereocenters. The third-order valence-corrected chi connectivity index (χ3v) is 3.90. The molecule has 112 valence electrons. The topological polar surface area (TPSA) is 50.9 Å². The first-order valence-corrected chi connectivity index (χ1v) is 7.31. The van der Waals surface area contributed by atoms with Crippen LogP contribution in [0.2, 0.25) is 0 Å². The fourth-order valence-corrected chi connectivity index (χ4v) is 2.78. The number of hydrazine groups is 1. The van der Waals surface area contributed by atoms with Crippen LogP contribution in [0.15, 0.2) is 47.6 Å². The first-order valence-electron chi connectivity index (χ1n) is 6.09. The first-order chi connectivity index (χ1) is 9.99. The summed E-state index contributed by atoms with van der Waals surface area (Å²) in [6, 6.07) is 7.37. The minimum atomic E-state index is -4.46. The monoisotopic (exact) mass is 313 g/mol. The van der Waals surface area contributed by atoms with E-state index in [-0.39, 0.29) is 5.56 Å². The molecule has 2 aromatic rings. The lowest BCUT2D eigenvalue weighted by Gasteiger charge is -2.22. The zero-order valence-corrected chi connectivity index (χ0v) is 12.0. The Morgan fingerprint density at radius 3 is 2.52 bits per heavy atom. The molecule has 21 heavy (non-hydrogen) atoms. The van der Waals surface area contributed by atoms with Gasteiger partial charge in [0.2, 0.25) is 0 Å². The lowest BCUT2D eigenvalue weighted by molar-refractivity contribution is -0.138. The average Bonchev–Trinajstić information content (AvgIpc) is 2.48. The molecular formula is C14H14F3N3S. The molecule has 0 bridgehead atoms. The van der Waals surface area contributed by atoms with Gasteiger partial charge in [0.05, 0.1) is 11.6 Å². The summed E-state index contributed by atoms with van der Waals surface area (Å²) in [4.78, 5) is 4.67. The van der Waals surface area contributed by atoms with Gasteiger partial charge < -0.3 is 0 Å². The van der Waals surface area contributed by atoms with Gasteiger partial charge in [-0.3, -0.25) is 10.8 Å². The van der Waals surface area contributed by atoms with Crippen LogP contribution in [0, 0.1) is 0 Å². The van der Waals surface area contributed by atoms with Crippen LogP contribution < -0.4 is 11.3 Å². The summed E-state index contributed by atoms with van der Waals surface area (Å²) in [7, 11) is 0. The highest BCUT2D eigenvalue weighted by atomic mass is 32.2. The standard InChI is InChI=1S/C14H14F3N3S/c1-21-12-5-3-2-4-9(12)13(20-18)10-8-19-7-6-11(10)14(15,16)17/h2-8,13,20H,18H2,1H3. The zero-order chi connectivity index (χ0) is 15.5. The summed E-state index contributed by atoms with van der Waals surface area (Å²) in [5, 5.41) is 0. The predicted octanol–water partition coefficient (Wildman–Crippen LogP) is 3.38. The summed E-state index contributed by atoms with van der Waals surface area (Å²) < 4.78 is 39.4. The van der Waals surface area contributed by atoms with Crippen LogP contribution in [0.4, 0.5) is 13.2 Å². The van der Waals surface area contributed by atoms with Crippen molar-refractivity contribution in [2.45, 2.75) is 17.1 Å². The van der Waals surface area contributed by atoms with Crippen molar-refractivity contribution in [3.63, 3.8) is 0 Å². The van der Waals surface area contributed by atoms with Crippen molar-refractivity contribution in [2.24, 2.45) is 5.84 Å². The fraction of sp³-hybridized carbons (Fsp3) is 0.214. The van der Waals surface area contributed by atoms with E-state index in [1.165, 1.54) is 18.0 Å². The highest BCUT2D eigenvalue weighted by Crippen LogP contribution is 2.37. The lowest BCUT2D eigenvalue weighted by Crippen LogP contribution is -2.31. The number of thioether (sulfide) groups is 1. The smallest absolute Gasteiger partial charge is 0.271 e. The van der Waals surface area contributed by atoms with Gasteiger partial charge in [-0.2, -0.15) is 13.2 Å². The number of benzene rings is 1. The molecule has 1 aromatic heterocycles. The SMILES string of the molecule is CSc1ccccc1C(NN)c1cnccc1C(F)(F)F. The highest BCUT2D eigenvalue weighted by Gasteiger charge is 2.35. The lowest BCUT2D eigenvalue weighted by atomic mass is 9.96. The van der Waals surface area contributed by atoms with E-state index < -0.39 is 17.8 Å². The molecule has 0 spiro atoms. The number of nitrogens with zero attached hydrogens (tertiary/aromatic N) is 1. The van der Waals surface area contributed by atoms with Crippen LogP contribution in [0.1, 0.15) is 22.7 Å². The Labute approximate surface area is 124 Å². The van der Waals surface area contributed by atoms with E-state index >= 15 is 0 Å². The number of pyridine rings is 1. The Bertz CT molecular complexity index is 616. The maximum atomic E-state index is 13.1. The molecule has 0 saturated carbocycles. The van der Waals surface area contributed by atoms with Crippen molar-refractivity contribution in [1.82, 2.24) is 10.4 Å². The number of nitrogens with one attached hydrogen (secondary N) is 1. The van der Waals surface area contributed by atoms with E-state index in [1.54, 1.807) is 12.1 Å². The molecule has 0 radical (unpaired) electrons. The Morgan fingerprint density at radius 1 is 1.19 bits per heavy atom. The number of halogens is 3. The highest BCUT2D eigenvalue weighted by molar-refractivity contribution is 7.98. The Morgan fingerprint density at radius 2 is 1.90 bits per heavy atom. The summed E-state index contributed by atoms with van der Waals surface area (Å²) in [6.45, 7) is 0. The molecular weight excluding hydrogens is 299 g/mol.